The highest BCUT2D eigenvalue weighted by Crippen LogP contribution is 2.48. The number of halogens is 4. The lowest BCUT2D eigenvalue weighted by Crippen LogP contribution is -2.14. The average molecular weight is 567 g/mol. The number of carbonyl (C=O) groups excluding carboxylic acids is 3. The maximum Gasteiger partial charge on any atom is 0.333 e. The molecule has 0 atom stereocenters. The number of para-hydroxylation sites is 1. The number of nitrogens with zero attached hydrogens (tertiary/aromatic N) is 1. The lowest BCUT2D eigenvalue weighted by atomic mass is 9.98. The molecular formula is C26H19Cl4NO5. The van der Waals surface area contributed by atoms with Gasteiger partial charge in [-0.25, -0.2) is 9.78 Å². The predicted octanol–water partition coefficient (Wildman–Crippen LogP) is 7.29. The number of ketones is 2. The Labute approximate surface area is 227 Å². The van der Waals surface area contributed by atoms with Crippen LogP contribution in [0.5, 0.6) is 5.75 Å². The second-order valence-corrected chi connectivity index (χ2v) is 9.72. The number of carbonyl (C=O) groups is 3. The molecule has 0 bridgehead atoms. The average Bonchev–Trinajstić information content (AvgIpc) is 3.12. The molecule has 0 saturated heterocycles. The van der Waals surface area contributed by atoms with E-state index < -0.39 is 23.5 Å². The fraction of sp³-hybridized carbons (Fsp3) is 0.231. The van der Waals surface area contributed by atoms with Gasteiger partial charge in [0.25, 0.3) is 0 Å². The second-order valence-electron chi connectivity index (χ2n) is 8.20. The van der Waals surface area contributed by atoms with Gasteiger partial charge < -0.3 is 9.47 Å². The quantitative estimate of drug-likeness (QED) is 0.0711. The van der Waals surface area contributed by atoms with E-state index in [1.807, 2.05) is 12.1 Å². The van der Waals surface area contributed by atoms with Crippen LogP contribution in [0, 0.1) is 0 Å². The molecule has 4 rings (SSSR count). The van der Waals surface area contributed by atoms with Gasteiger partial charge in [-0.05, 0) is 31.9 Å². The van der Waals surface area contributed by atoms with Crippen LogP contribution in [-0.2, 0) is 9.53 Å². The zero-order valence-corrected chi connectivity index (χ0v) is 22.0. The Morgan fingerprint density at radius 1 is 0.917 bits per heavy atom. The number of rotatable bonds is 8. The molecule has 0 N–H and O–H groups in total. The summed E-state index contributed by atoms with van der Waals surface area (Å²) < 4.78 is 11.0. The number of fused-ring (bicyclic) bond motifs is 2. The lowest BCUT2D eigenvalue weighted by Gasteiger charge is -2.12. The van der Waals surface area contributed by atoms with E-state index in [1.54, 1.807) is 25.1 Å². The van der Waals surface area contributed by atoms with Crippen LogP contribution in [-0.4, -0.2) is 35.7 Å². The molecule has 1 heterocycles. The van der Waals surface area contributed by atoms with Gasteiger partial charge in [0.2, 0.25) is 0 Å². The highest BCUT2D eigenvalue weighted by molar-refractivity contribution is 6.55. The Hall–Kier alpha value is -2.64. The van der Waals surface area contributed by atoms with Crippen LogP contribution in [0.2, 0.25) is 20.1 Å². The molecule has 10 heteroatoms. The number of pyridine rings is 1. The first-order valence-electron chi connectivity index (χ1n) is 10.9. The third-order valence-corrected chi connectivity index (χ3v) is 7.46. The number of esters is 1. The van der Waals surface area contributed by atoms with Crippen molar-refractivity contribution < 1.29 is 23.9 Å². The van der Waals surface area contributed by atoms with Crippen molar-refractivity contribution in [2.75, 3.05) is 13.2 Å². The molecule has 0 saturated carbocycles. The zero-order chi connectivity index (χ0) is 26.1. The molecule has 0 radical (unpaired) electrons. The highest BCUT2D eigenvalue weighted by Gasteiger charge is 2.45. The minimum atomic E-state index is -1.23. The number of hydrogen-bond acceptors (Lipinski definition) is 6. The topological polar surface area (TPSA) is 82.6 Å². The number of aromatic nitrogens is 1. The number of Topliss-reactive ketones (excluding diaryl/α,β-unsaturated/α-hetero) is 2. The maximum absolute atomic E-state index is 13.2. The summed E-state index contributed by atoms with van der Waals surface area (Å²) in [7, 11) is 0. The molecule has 1 aliphatic rings. The number of ether oxygens (including phenoxy) is 2. The van der Waals surface area contributed by atoms with E-state index in [1.165, 1.54) is 0 Å². The minimum absolute atomic E-state index is 0.0511. The Morgan fingerprint density at radius 3 is 2.14 bits per heavy atom. The van der Waals surface area contributed by atoms with Crippen molar-refractivity contribution >= 4 is 74.8 Å². The molecule has 0 fully saturated rings. The van der Waals surface area contributed by atoms with E-state index >= 15 is 0 Å². The van der Waals surface area contributed by atoms with Crippen molar-refractivity contribution in [3.63, 3.8) is 0 Å². The summed E-state index contributed by atoms with van der Waals surface area (Å²) in [6.45, 7) is 5.74. The third kappa shape index (κ3) is 4.83. The predicted molar refractivity (Wildman–Crippen MR) is 140 cm³/mol. The Morgan fingerprint density at radius 2 is 1.53 bits per heavy atom. The summed E-state index contributed by atoms with van der Waals surface area (Å²) in [6, 6.07) is 8.78. The van der Waals surface area contributed by atoms with E-state index in [4.69, 9.17) is 55.9 Å². The van der Waals surface area contributed by atoms with E-state index in [2.05, 4.69) is 11.6 Å². The largest absolute Gasteiger partial charge is 0.491 e. The van der Waals surface area contributed by atoms with Gasteiger partial charge in [0.1, 0.15) is 17.2 Å². The first-order chi connectivity index (χ1) is 17.1. The van der Waals surface area contributed by atoms with Crippen molar-refractivity contribution in [1.82, 2.24) is 4.98 Å². The molecular weight excluding hydrogens is 548 g/mol. The molecule has 1 aromatic heterocycles. The fourth-order valence-corrected chi connectivity index (χ4v) is 4.90. The van der Waals surface area contributed by atoms with Crippen LogP contribution in [0.1, 0.15) is 52.1 Å². The van der Waals surface area contributed by atoms with Gasteiger partial charge >= 0.3 is 5.97 Å². The summed E-state index contributed by atoms with van der Waals surface area (Å²) >= 11 is 24.7. The van der Waals surface area contributed by atoms with Crippen LogP contribution in [0.25, 0.3) is 10.9 Å². The fourth-order valence-electron chi connectivity index (χ4n) is 3.86. The monoisotopic (exact) mass is 565 g/mol. The van der Waals surface area contributed by atoms with E-state index in [-0.39, 0.29) is 43.5 Å². The molecule has 36 heavy (non-hydrogen) atoms. The molecule has 1 aliphatic carbocycles. The standard InChI is InChI=1S/C26H19Cl4NO5/c1-12(2)26(34)36-11-4-3-10-35-15-7-5-6-13-8-9-14(31-23(13)15)16-24(32)17-18(25(16)33)20(28)22(30)21(29)19(17)27/h5-9,16H,1,3-4,10-11H2,2H3. The minimum Gasteiger partial charge on any atom is -0.491 e. The molecule has 0 unspecified atom stereocenters. The van der Waals surface area contributed by atoms with Gasteiger partial charge in [0.15, 0.2) is 11.6 Å². The van der Waals surface area contributed by atoms with Crippen LogP contribution in [0.4, 0.5) is 0 Å². The Balaban J connectivity index is 1.56. The summed E-state index contributed by atoms with van der Waals surface area (Å²) in [4.78, 5) is 42.5. The summed E-state index contributed by atoms with van der Waals surface area (Å²) in [5.41, 5.74) is 0.973. The van der Waals surface area contributed by atoms with Crippen molar-refractivity contribution in [2.24, 2.45) is 0 Å². The van der Waals surface area contributed by atoms with Gasteiger partial charge in [-0.2, -0.15) is 0 Å². The smallest absolute Gasteiger partial charge is 0.333 e. The van der Waals surface area contributed by atoms with Gasteiger partial charge in [0.05, 0.1) is 50.1 Å². The van der Waals surface area contributed by atoms with Crippen molar-refractivity contribution in [1.29, 1.82) is 0 Å². The van der Waals surface area contributed by atoms with Gasteiger partial charge in [0, 0.05) is 11.0 Å². The molecule has 6 nitrogen and oxygen atoms in total. The van der Waals surface area contributed by atoms with E-state index in [0.29, 0.717) is 36.3 Å². The summed E-state index contributed by atoms with van der Waals surface area (Å²) in [5.74, 6) is -2.26. The molecule has 3 aromatic rings. The maximum atomic E-state index is 13.2. The first-order valence-corrected chi connectivity index (χ1v) is 12.4. The van der Waals surface area contributed by atoms with E-state index in [0.717, 1.165) is 5.39 Å². The molecule has 186 valence electrons. The Bertz CT molecular complexity index is 1390. The highest BCUT2D eigenvalue weighted by atomic mass is 35.5. The number of benzene rings is 2. The van der Waals surface area contributed by atoms with Crippen molar-refractivity contribution in [3.8, 4) is 5.75 Å². The van der Waals surface area contributed by atoms with Crippen LogP contribution < -0.4 is 4.74 Å². The van der Waals surface area contributed by atoms with Gasteiger partial charge in [-0.3, -0.25) is 9.59 Å². The third-order valence-electron chi connectivity index (χ3n) is 5.66. The van der Waals surface area contributed by atoms with Crippen molar-refractivity contribution in [2.45, 2.75) is 25.7 Å². The zero-order valence-electron chi connectivity index (χ0n) is 19.0. The molecule has 0 aliphatic heterocycles. The van der Waals surface area contributed by atoms with Gasteiger partial charge in [-0.15, -0.1) is 0 Å². The summed E-state index contributed by atoms with van der Waals surface area (Å²) in [5, 5.41) is 0.381. The van der Waals surface area contributed by atoms with Crippen LogP contribution in [0.3, 0.4) is 0 Å². The summed E-state index contributed by atoms with van der Waals surface area (Å²) in [6.07, 6.45) is 1.24. The number of hydrogen-bond donors (Lipinski definition) is 0. The van der Waals surface area contributed by atoms with Gasteiger partial charge in [-0.1, -0.05) is 71.2 Å². The lowest BCUT2D eigenvalue weighted by molar-refractivity contribution is -0.139. The number of unbranched alkanes of at least 4 members (excludes halogenated alkanes) is 1. The van der Waals surface area contributed by atoms with Crippen molar-refractivity contribution in [3.05, 3.63) is 79.4 Å². The molecule has 2 aromatic carbocycles. The first kappa shape index (κ1) is 26.4. The SMILES string of the molecule is C=C(C)C(=O)OCCCCOc1cccc2ccc(C3C(=O)c4c(Cl)c(Cl)c(Cl)c(Cl)c4C3=O)nc12. The van der Waals surface area contributed by atoms with Crippen LogP contribution in [0.15, 0.2) is 42.5 Å². The normalized spacial score (nSPS) is 13.2. The second kappa shape index (κ2) is 10.8. The molecule has 0 amide bonds. The van der Waals surface area contributed by atoms with E-state index in [9.17, 15) is 14.4 Å². The molecule has 0 spiro atoms. The van der Waals surface area contributed by atoms with Crippen LogP contribution >= 0.6 is 46.4 Å². The Kier molecular flexibility index (Phi) is 7.90.